The minimum Gasteiger partial charge on any atom is -0.457 e. The summed E-state index contributed by atoms with van der Waals surface area (Å²) in [4.78, 5) is 0. The fourth-order valence-corrected chi connectivity index (χ4v) is 1.73. The summed E-state index contributed by atoms with van der Waals surface area (Å²) in [5.41, 5.74) is 1.95. The van der Waals surface area contributed by atoms with Crippen molar-refractivity contribution in [2.24, 2.45) is 0 Å². The zero-order valence-electron chi connectivity index (χ0n) is 10.6. The first kappa shape index (κ1) is 13.3. The highest BCUT2D eigenvalue weighted by Gasteiger charge is 2.04. The van der Waals surface area contributed by atoms with Gasteiger partial charge in [-0.05, 0) is 48.4 Å². The van der Waals surface area contributed by atoms with Crippen LogP contribution in [-0.4, -0.2) is 11.7 Å². The van der Waals surface area contributed by atoms with Gasteiger partial charge in [0.25, 0.3) is 0 Å². The summed E-state index contributed by atoms with van der Waals surface area (Å²) in [7, 11) is 0. The molecule has 1 N–H and O–H groups in total. The highest BCUT2D eigenvalue weighted by atomic mass is 19.1. The Morgan fingerprint density at radius 1 is 1.16 bits per heavy atom. The molecule has 0 aliphatic heterocycles. The molecule has 98 valence electrons. The van der Waals surface area contributed by atoms with Gasteiger partial charge in [0.2, 0.25) is 0 Å². The van der Waals surface area contributed by atoms with Crippen LogP contribution in [0.5, 0.6) is 11.5 Å². The van der Waals surface area contributed by atoms with Gasteiger partial charge in [-0.25, -0.2) is 4.39 Å². The first-order valence-electron chi connectivity index (χ1n) is 6.01. The molecule has 19 heavy (non-hydrogen) atoms. The number of halogens is 1. The normalized spacial score (nSPS) is 10.9. The van der Waals surface area contributed by atoms with E-state index in [9.17, 15) is 4.39 Å². The van der Waals surface area contributed by atoms with E-state index in [2.05, 4.69) is 0 Å². The van der Waals surface area contributed by atoms with Crippen molar-refractivity contribution in [2.45, 2.75) is 6.92 Å². The van der Waals surface area contributed by atoms with Crippen LogP contribution < -0.4 is 4.74 Å². The molecule has 0 saturated carbocycles. The summed E-state index contributed by atoms with van der Waals surface area (Å²) < 4.78 is 18.5. The van der Waals surface area contributed by atoms with Gasteiger partial charge in [0.15, 0.2) is 0 Å². The second-order valence-electron chi connectivity index (χ2n) is 4.11. The van der Waals surface area contributed by atoms with Gasteiger partial charge in [0, 0.05) is 0 Å². The Labute approximate surface area is 111 Å². The van der Waals surface area contributed by atoms with Crippen molar-refractivity contribution in [1.82, 2.24) is 0 Å². The lowest BCUT2D eigenvalue weighted by Gasteiger charge is -2.10. The van der Waals surface area contributed by atoms with E-state index >= 15 is 0 Å². The van der Waals surface area contributed by atoms with E-state index in [0.29, 0.717) is 11.5 Å². The summed E-state index contributed by atoms with van der Waals surface area (Å²) in [6.45, 7) is 1.94. The van der Waals surface area contributed by atoms with E-state index in [0.717, 1.165) is 11.1 Å². The highest BCUT2D eigenvalue weighted by molar-refractivity contribution is 5.58. The van der Waals surface area contributed by atoms with E-state index in [1.54, 1.807) is 18.2 Å². The average molecular weight is 258 g/mol. The van der Waals surface area contributed by atoms with Crippen LogP contribution in [-0.2, 0) is 0 Å². The van der Waals surface area contributed by atoms with Crippen LogP contribution in [0, 0.1) is 12.7 Å². The van der Waals surface area contributed by atoms with Gasteiger partial charge in [-0.15, -0.1) is 0 Å². The Bertz CT molecular complexity index is 574. The van der Waals surface area contributed by atoms with Gasteiger partial charge < -0.3 is 9.84 Å². The third kappa shape index (κ3) is 3.42. The SMILES string of the molecule is Cc1c(C=CCO)cccc1Oc1ccc(F)cc1. The molecule has 3 heteroatoms. The van der Waals surface area contributed by atoms with Crippen LogP contribution in [0.3, 0.4) is 0 Å². The Balaban J connectivity index is 2.25. The van der Waals surface area contributed by atoms with Crippen molar-refractivity contribution in [1.29, 1.82) is 0 Å². The molecule has 0 atom stereocenters. The van der Waals surface area contributed by atoms with Gasteiger partial charge >= 0.3 is 0 Å². The summed E-state index contributed by atoms with van der Waals surface area (Å²) in [5.74, 6) is 1.02. The number of aliphatic hydroxyl groups excluding tert-OH is 1. The molecule has 2 rings (SSSR count). The van der Waals surface area contributed by atoms with Crippen LogP contribution in [0.25, 0.3) is 6.08 Å². The van der Waals surface area contributed by atoms with E-state index in [1.807, 2.05) is 31.2 Å². The molecule has 0 amide bonds. The topological polar surface area (TPSA) is 29.5 Å². The molecule has 0 fully saturated rings. The van der Waals surface area contributed by atoms with E-state index in [4.69, 9.17) is 9.84 Å². The molecule has 0 bridgehead atoms. The second kappa shape index (κ2) is 6.16. The van der Waals surface area contributed by atoms with Crippen molar-refractivity contribution < 1.29 is 14.2 Å². The van der Waals surface area contributed by atoms with Gasteiger partial charge in [-0.2, -0.15) is 0 Å². The summed E-state index contributed by atoms with van der Waals surface area (Å²) >= 11 is 0. The lowest BCUT2D eigenvalue weighted by Crippen LogP contribution is -1.90. The molecule has 2 aromatic carbocycles. The molecule has 2 aromatic rings. The Hall–Kier alpha value is -2.13. The van der Waals surface area contributed by atoms with E-state index in [-0.39, 0.29) is 12.4 Å². The maximum absolute atomic E-state index is 12.8. The van der Waals surface area contributed by atoms with Crippen molar-refractivity contribution in [2.75, 3.05) is 6.61 Å². The van der Waals surface area contributed by atoms with E-state index < -0.39 is 0 Å². The summed E-state index contributed by atoms with van der Waals surface area (Å²) in [6, 6.07) is 11.6. The van der Waals surface area contributed by atoms with Gasteiger partial charge in [-0.1, -0.05) is 24.3 Å². The molecular formula is C16H15FO2. The van der Waals surface area contributed by atoms with Gasteiger partial charge in [0.05, 0.1) is 6.61 Å². The standard InChI is InChI=1S/C16H15FO2/c1-12-13(5-3-11-18)4-2-6-16(12)19-15-9-7-14(17)8-10-15/h2-10,18H,11H2,1H3. The number of aliphatic hydroxyl groups is 1. The zero-order chi connectivity index (χ0) is 13.7. The molecular weight excluding hydrogens is 243 g/mol. The number of ether oxygens (including phenoxy) is 1. The minimum absolute atomic E-state index is 0.00247. The smallest absolute Gasteiger partial charge is 0.130 e. The first-order chi connectivity index (χ1) is 9.20. The Morgan fingerprint density at radius 3 is 2.58 bits per heavy atom. The quantitative estimate of drug-likeness (QED) is 0.900. The number of hydrogen-bond acceptors (Lipinski definition) is 2. The second-order valence-corrected chi connectivity index (χ2v) is 4.11. The predicted molar refractivity (Wildman–Crippen MR) is 73.8 cm³/mol. The molecule has 0 spiro atoms. The summed E-state index contributed by atoms with van der Waals surface area (Å²) in [5, 5.41) is 8.80. The largest absolute Gasteiger partial charge is 0.457 e. The molecule has 0 aliphatic carbocycles. The highest BCUT2D eigenvalue weighted by Crippen LogP contribution is 2.27. The van der Waals surface area contributed by atoms with Gasteiger partial charge in [-0.3, -0.25) is 0 Å². The zero-order valence-corrected chi connectivity index (χ0v) is 10.6. The van der Waals surface area contributed by atoms with Crippen molar-refractivity contribution in [3.8, 4) is 11.5 Å². The minimum atomic E-state index is -0.288. The molecule has 0 aliphatic rings. The van der Waals surface area contributed by atoms with Gasteiger partial charge in [0.1, 0.15) is 17.3 Å². The molecule has 0 unspecified atom stereocenters. The van der Waals surface area contributed by atoms with Crippen molar-refractivity contribution in [3.05, 3.63) is 65.5 Å². The van der Waals surface area contributed by atoms with Crippen LogP contribution in [0.4, 0.5) is 4.39 Å². The van der Waals surface area contributed by atoms with Crippen LogP contribution in [0.2, 0.25) is 0 Å². The third-order valence-corrected chi connectivity index (χ3v) is 2.77. The predicted octanol–water partition coefficient (Wildman–Crippen LogP) is 3.93. The molecule has 2 nitrogen and oxygen atoms in total. The Morgan fingerprint density at radius 2 is 1.89 bits per heavy atom. The summed E-state index contributed by atoms with van der Waals surface area (Å²) in [6.07, 6.45) is 3.51. The number of hydrogen-bond donors (Lipinski definition) is 1. The number of benzene rings is 2. The van der Waals surface area contributed by atoms with Crippen molar-refractivity contribution >= 4 is 6.08 Å². The Kier molecular flexibility index (Phi) is 4.31. The molecule has 0 aromatic heterocycles. The van der Waals surface area contributed by atoms with Crippen LogP contribution >= 0.6 is 0 Å². The number of rotatable bonds is 4. The maximum atomic E-state index is 12.8. The van der Waals surface area contributed by atoms with Crippen molar-refractivity contribution in [3.63, 3.8) is 0 Å². The lowest BCUT2D eigenvalue weighted by molar-refractivity contribution is 0.343. The molecule has 0 radical (unpaired) electrons. The fourth-order valence-electron chi connectivity index (χ4n) is 1.73. The monoisotopic (exact) mass is 258 g/mol. The van der Waals surface area contributed by atoms with Crippen LogP contribution in [0.15, 0.2) is 48.5 Å². The maximum Gasteiger partial charge on any atom is 0.130 e. The fraction of sp³-hybridized carbons (Fsp3) is 0.125. The third-order valence-electron chi connectivity index (χ3n) is 2.77. The average Bonchev–Trinajstić information content (AvgIpc) is 2.42. The first-order valence-corrected chi connectivity index (χ1v) is 6.01. The molecule has 0 saturated heterocycles. The van der Waals surface area contributed by atoms with E-state index in [1.165, 1.54) is 12.1 Å². The lowest BCUT2D eigenvalue weighted by atomic mass is 10.1. The molecule has 0 heterocycles. The van der Waals surface area contributed by atoms with Crippen LogP contribution in [0.1, 0.15) is 11.1 Å².